The number of hydrogen-bond acceptors (Lipinski definition) is 5. The van der Waals surface area contributed by atoms with Gasteiger partial charge in [0.1, 0.15) is 0 Å². The summed E-state index contributed by atoms with van der Waals surface area (Å²) < 4.78 is 5.02. The van der Waals surface area contributed by atoms with E-state index in [0.717, 1.165) is 0 Å². The number of carbonyl (C=O) groups excluding carboxylic acids is 3. The molecular formula is C16H8INO6. The Morgan fingerprint density at radius 2 is 1.75 bits per heavy atom. The molecular weight excluding hydrogens is 429 g/mol. The molecule has 1 amide bonds. The molecule has 0 unspecified atom stereocenters. The number of aromatic carboxylic acids is 1. The number of nitrogens with one attached hydrogen (secondary N) is 1. The summed E-state index contributed by atoms with van der Waals surface area (Å²) in [4.78, 5) is 46.6. The second-order valence-corrected chi connectivity index (χ2v) is 6.02. The molecule has 0 fully saturated rings. The van der Waals surface area contributed by atoms with Crippen molar-refractivity contribution in [1.29, 1.82) is 0 Å². The molecule has 0 aliphatic carbocycles. The summed E-state index contributed by atoms with van der Waals surface area (Å²) in [6.07, 6.45) is 0. The lowest BCUT2D eigenvalue weighted by Gasteiger charge is -2.11. The number of hydrogen-bond donors (Lipinski definition) is 2. The zero-order chi connectivity index (χ0) is 17.4. The first-order valence-corrected chi connectivity index (χ1v) is 7.70. The van der Waals surface area contributed by atoms with Gasteiger partial charge in [-0.25, -0.2) is 14.4 Å². The third kappa shape index (κ3) is 2.75. The van der Waals surface area contributed by atoms with Gasteiger partial charge in [0.15, 0.2) is 0 Å². The predicted octanol–water partition coefficient (Wildman–Crippen LogP) is 2.55. The second-order valence-electron chi connectivity index (χ2n) is 4.86. The van der Waals surface area contributed by atoms with E-state index in [1.807, 2.05) is 22.6 Å². The van der Waals surface area contributed by atoms with Crippen LogP contribution in [0.4, 0.5) is 5.69 Å². The Hall–Kier alpha value is -2.75. The molecule has 3 rings (SSSR count). The van der Waals surface area contributed by atoms with Crippen molar-refractivity contribution in [3.8, 4) is 0 Å². The van der Waals surface area contributed by atoms with Gasteiger partial charge in [-0.2, -0.15) is 0 Å². The van der Waals surface area contributed by atoms with Crippen LogP contribution in [0.25, 0.3) is 0 Å². The molecule has 2 aromatic rings. The van der Waals surface area contributed by atoms with Gasteiger partial charge in [0.05, 0.1) is 22.4 Å². The Bertz CT molecular complexity index is 921. The van der Waals surface area contributed by atoms with Gasteiger partial charge in [-0.15, -0.1) is 0 Å². The molecule has 120 valence electrons. The monoisotopic (exact) mass is 437 g/mol. The molecule has 1 aliphatic rings. The largest absolute Gasteiger partial charge is 0.478 e. The van der Waals surface area contributed by atoms with E-state index in [2.05, 4.69) is 10.1 Å². The summed E-state index contributed by atoms with van der Waals surface area (Å²) in [5, 5.41) is 11.7. The lowest BCUT2D eigenvalue weighted by atomic mass is 10.0. The Kier molecular flexibility index (Phi) is 4.06. The van der Waals surface area contributed by atoms with Crippen molar-refractivity contribution in [3.05, 3.63) is 62.2 Å². The summed E-state index contributed by atoms with van der Waals surface area (Å²) in [6, 6.07) is 8.53. The van der Waals surface area contributed by atoms with Crippen molar-refractivity contribution in [1.82, 2.24) is 0 Å². The Morgan fingerprint density at radius 3 is 2.46 bits per heavy atom. The predicted molar refractivity (Wildman–Crippen MR) is 90.3 cm³/mol. The molecule has 0 radical (unpaired) electrons. The minimum atomic E-state index is -1.17. The van der Waals surface area contributed by atoms with E-state index in [-0.39, 0.29) is 27.9 Å². The van der Waals surface area contributed by atoms with E-state index in [1.165, 1.54) is 24.3 Å². The quantitative estimate of drug-likeness (QED) is 0.434. The van der Waals surface area contributed by atoms with Gasteiger partial charge in [-0.3, -0.25) is 4.79 Å². The molecule has 8 heteroatoms. The van der Waals surface area contributed by atoms with E-state index in [0.29, 0.717) is 3.57 Å². The first-order chi connectivity index (χ1) is 11.4. The average Bonchev–Trinajstić information content (AvgIpc) is 2.83. The van der Waals surface area contributed by atoms with Crippen molar-refractivity contribution in [2.45, 2.75) is 0 Å². The molecule has 2 aromatic carbocycles. The topological polar surface area (TPSA) is 110 Å². The van der Waals surface area contributed by atoms with Gasteiger partial charge in [0.2, 0.25) is 0 Å². The summed E-state index contributed by atoms with van der Waals surface area (Å²) >= 11 is 1.91. The minimum Gasteiger partial charge on any atom is -0.478 e. The number of rotatable bonds is 3. The molecule has 24 heavy (non-hydrogen) atoms. The fourth-order valence-electron chi connectivity index (χ4n) is 2.24. The van der Waals surface area contributed by atoms with Crippen LogP contribution < -0.4 is 5.32 Å². The van der Waals surface area contributed by atoms with Crippen molar-refractivity contribution in [2.24, 2.45) is 0 Å². The number of carboxylic acid groups (broad SMARTS) is 1. The second kappa shape index (κ2) is 6.04. The molecule has 0 saturated carbocycles. The third-order valence-corrected chi connectivity index (χ3v) is 4.29. The molecule has 0 bridgehead atoms. The number of ether oxygens (including phenoxy) is 1. The molecule has 0 atom stereocenters. The van der Waals surface area contributed by atoms with Crippen LogP contribution in [0.3, 0.4) is 0 Å². The number of carboxylic acids is 1. The summed E-state index contributed by atoms with van der Waals surface area (Å²) in [6.45, 7) is 0. The number of para-hydroxylation sites is 1. The van der Waals surface area contributed by atoms with Gasteiger partial charge >= 0.3 is 17.9 Å². The zero-order valence-corrected chi connectivity index (χ0v) is 14.0. The van der Waals surface area contributed by atoms with E-state index in [1.54, 1.807) is 12.1 Å². The van der Waals surface area contributed by atoms with Crippen molar-refractivity contribution < 1.29 is 29.0 Å². The lowest BCUT2D eigenvalue weighted by Crippen LogP contribution is -2.16. The highest BCUT2D eigenvalue weighted by atomic mass is 127. The molecule has 0 spiro atoms. The third-order valence-electron chi connectivity index (χ3n) is 3.39. The van der Waals surface area contributed by atoms with Crippen molar-refractivity contribution in [2.75, 3.05) is 5.32 Å². The maximum Gasteiger partial charge on any atom is 0.346 e. The van der Waals surface area contributed by atoms with E-state index < -0.39 is 23.8 Å². The standard InChI is InChI=1S/C16H8INO6/c17-11-3-1-2-9(14(20)21)12(11)18-13(19)7-4-5-8-10(6-7)16(23)24-15(8)22/h1-6H,(H,18,19)(H,20,21). The van der Waals surface area contributed by atoms with Crippen LogP contribution in [-0.2, 0) is 4.74 Å². The molecule has 0 aromatic heterocycles. The number of anilines is 1. The Labute approximate surface area is 148 Å². The lowest BCUT2D eigenvalue weighted by molar-refractivity contribution is 0.0443. The van der Waals surface area contributed by atoms with Gasteiger partial charge in [-0.1, -0.05) is 6.07 Å². The molecule has 1 heterocycles. The Balaban J connectivity index is 1.95. The first kappa shape index (κ1) is 16.1. The molecule has 1 aliphatic heterocycles. The molecule has 2 N–H and O–H groups in total. The van der Waals surface area contributed by atoms with Crippen LogP contribution in [0.1, 0.15) is 41.4 Å². The Morgan fingerprint density at radius 1 is 1.04 bits per heavy atom. The van der Waals surface area contributed by atoms with Crippen LogP contribution in [0.15, 0.2) is 36.4 Å². The number of fused-ring (bicyclic) bond motifs is 1. The smallest absolute Gasteiger partial charge is 0.346 e. The average molecular weight is 437 g/mol. The fourth-order valence-corrected chi connectivity index (χ4v) is 2.87. The van der Waals surface area contributed by atoms with E-state index in [4.69, 9.17) is 0 Å². The van der Waals surface area contributed by atoms with Crippen LogP contribution in [0.5, 0.6) is 0 Å². The summed E-state index contributed by atoms with van der Waals surface area (Å²) in [5.41, 5.74) is 0.322. The number of cyclic esters (lactones) is 2. The van der Waals surface area contributed by atoms with Gasteiger partial charge in [0.25, 0.3) is 5.91 Å². The van der Waals surface area contributed by atoms with Gasteiger partial charge in [0, 0.05) is 9.13 Å². The first-order valence-electron chi connectivity index (χ1n) is 6.62. The normalized spacial score (nSPS) is 12.5. The zero-order valence-electron chi connectivity index (χ0n) is 11.8. The number of halogens is 1. The maximum atomic E-state index is 12.4. The summed E-state index contributed by atoms with van der Waals surface area (Å²) in [5.74, 6) is -3.35. The highest BCUT2D eigenvalue weighted by Gasteiger charge is 2.30. The number of carbonyl (C=O) groups is 4. The highest BCUT2D eigenvalue weighted by molar-refractivity contribution is 14.1. The highest BCUT2D eigenvalue weighted by Crippen LogP contribution is 2.25. The number of amides is 1. The fraction of sp³-hybridized carbons (Fsp3) is 0. The maximum absolute atomic E-state index is 12.4. The van der Waals surface area contributed by atoms with E-state index in [9.17, 15) is 24.3 Å². The SMILES string of the molecule is O=C(Nc1c(I)cccc1C(=O)O)c1ccc2c(c1)C(=O)OC2=O. The van der Waals surface area contributed by atoms with Crippen molar-refractivity contribution >= 4 is 52.1 Å². The van der Waals surface area contributed by atoms with Gasteiger partial charge in [-0.05, 0) is 52.9 Å². The van der Waals surface area contributed by atoms with Crippen LogP contribution in [-0.4, -0.2) is 28.9 Å². The van der Waals surface area contributed by atoms with E-state index >= 15 is 0 Å². The number of esters is 2. The number of benzene rings is 2. The van der Waals surface area contributed by atoms with Crippen molar-refractivity contribution in [3.63, 3.8) is 0 Å². The van der Waals surface area contributed by atoms with Crippen LogP contribution >= 0.6 is 22.6 Å². The van der Waals surface area contributed by atoms with Gasteiger partial charge < -0.3 is 15.2 Å². The summed E-state index contributed by atoms with van der Waals surface area (Å²) in [7, 11) is 0. The van der Waals surface area contributed by atoms with Crippen LogP contribution in [0, 0.1) is 3.57 Å². The molecule has 7 nitrogen and oxygen atoms in total. The van der Waals surface area contributed by atoms with Crippen LogP contribution in [0.2, 0.25) is 0 Å². The molecule has 0 saturated heterocycles. The minimum absolute atomic E-state index is 0.00821.